The van der Waals surface area contributed by atoms with Crippen molar-refractivity contribution in [2.75, 3.05) is 7.11 Å². The molecule has 0 bridgehead atoms. The van der Waals surface area contributed by atoms with E-state index in [0.717, 1.165) is 7.11 Å². The van der Waals surface area contributed by atoms with Gasteiger partial charge in [0, 0.05) is 10.6 Å². The van der Waals surface area contributed by atoms with Crippen LogP contribution in [0.1, 0.15) is 25.5 Å². The number of halogens is 1. The zero-order chi connectivity index (χ0) is 15.0. The summed E-state index contributed by atoms with van der Waals surface area (Å²) < 4.78 is 41.0. The van der Waals surface area contributed by atoms with E-state index < -0.39 is 28.4 Å². The first kappa shape index (κ1) is 15.7. The summed E-state index contributed by atoms with van der Waals surface area (Å²) >= 11 is 6.12. The molecular weight excluding hydrogens is 306 g/mol. The highest BCUT2D eigenvalue weighted by atomic mass is 35.5. The number of hydrogen-bond acceptors (Lipinski definition) is 5. The van der Waals surface area contributed by atoms with E-state index in [-0.39, 0.29) is 0 Å². The van der Waals surface area contributed by atoms with Gasteiger partial charge in [0.1, 0.15) is 6.10 Å². The van der Waals surface area contributed by atoms with E-state index in [1.54, 1.807) is 38.1 Å². The van der Waals surface area contributed by atoms with Crippen LogP contribution in [0.4, 0.5) is 0 Å². The van der Waals surface area contributed by atoms with E-state index >= 15 is 0 Å². The monoisotopic (exact) mass is 321 g/mol. The fourth-order valence-corrected chi connectivity index (χ4v) is 2.77. The quantitative estimate of drug-likeness (QED) is 0.917. The Balaban J connectivity index is 2.32. The molecule has 2 atom stereocenters. The van der Waals surface area contributed by atoms with Crippen molar-refractivity contribution in [2.24, 2.45) is 0 Å². The number of benzene rings is 1. The minimum absolute atomic E-state index is 0.473. The molecule has 6 nitrogen and oxygen atoms in total. The average Bonchev–Trinajstić information content (AvgIpc) is 2.64. The highest BCUT2D eigenvalue weighted by Crippen LogP contribution is 2.39. The van der Waals surface area contributed by atoms with E-state index in [4.69, 9.17) is 21.1 Å². The van der Waals surface area contributed by atoms with Gasteiger partial charge in [-0.05, 0) is 19.9 Å². The lowest BCUT2D eigenvalue weighted by atomic mass is 10.1. The molecule has 1 saturated heterocycles. The Morgan fingerprint density at radius 1 is 1.30 bits per heavy atom. The molecule has 2 rings (SSSR count). The van der Waals surface area contributed by atoms with Crippen molar-refractivity contribution in [3.05, 3.63) is 34.9 Å². The van der Waals surface area contributed by atoms with Crippen LogP contribution in [0.2, 0.25) is 5.02 Å². The molecule has 8 heteroatoms. The lowest BCUT2D eigenvalue weighted by Gasteiger charge is -2.18. The van der Waals surface area contributed by atoms with E-state index in [9.17, 15) is 8.42 Å². The molecule has 0 radical (unpaired) electrons. The van der Waals surface area contributed by atoms with Gasteiger partial charge in [0.05, 0.1) is 7.11 Å². The molecule has 20 heavy (non-hydrogen) atoms. The van der Waals surface area contributed by atoms with Crippen LogP contribution in [0.5, 0.6) is 0 Å². The van der Waals surface area contributed by atoms with Crippen LogP contribution < -0.4 is 4.72 Å². The Bertz CT molecular complexity index is 589. The highest BCUT2D eigenvalue weighted by Gasteiger charge is 2.44. The van der Waals surface area contributed by atoms with Crippen molar-refractivity contribution in [3.63, 3.8) is 0 Å². The fraction of sp³-hybridized carbons (Fsp3) is 0.500. The molecule has 0 amide bonds. The lowest BCUT2D eigenvalue weighted by molar-refractivity contribution is -0.147. The summed E-state index contributed by atoms with van der Waals surface area (Å²) in [7, 11) is -2.84. The first-order chi connectivity index (χ1) is 9.24. The maximum absolute atomic E-state index is 11.5. The Hall–Kier alpha value is -0.700. The number of ether oxygens (including phenoxy) is 2. The van der Waals surface area contributed by atoms with Crippen LogP contribution in [-0.2, 0) is 24.0 Å². The number of rotatable bonds is 4. The third kappa shape index (κ3) is 3.49. The van der Waals surface area contributed by atoms with Crippen LogP contribution >= 0.6 is 11.6 Å². The molecule has 1 aliphatic rings. The van der Waals surface area contributed by atoms with Crippen molar-refractivity contribution < 1.29 is 22.1 Å². The second kappa shape index (κ2) is 5.59. The Morgan fingerprint density at radius 3 is 2.55 bits per heavy atom. The molecule has 0 aromatic heterocycles. The van der Waals surface area contributed by atoms with Gasteiger partial charge >= 0.3 is 10.3 Å². The van der Waals surface area contributed by atoms with Gasteiger partial charge in [-0.3, -0.25) is 4.18 Å². The molecule has 1 aromatic rings. The molecule has 112 valence electrons. The van der Waals surface area contributed by atoms with Crippen molar-refractivity contribution >= 4 is 21.9 Å². The van der Waals surface area contributed by atoms with E-state index in [2.05, 4.69) is 8.91 Å². The van der Waals surface area contributed by atoms with Gasteiger partial charge in [0.15, 0.2) is 12.0 Å². The molecule has 0 spiro atoms. The van der Waals surface area contributed by atoms with Crippen molar-refractivity contribution in [1.29, 1.82) is 0 Å². The Kier molecular flexibility index (Phi) is 4.38. The van der Waals surface area contributed by atoms with E-state index in [1.807, 2.05) is 0 Å². The van der Waals surface area contributed by atoms with Crippen LogP contribution in [0.15, 0.2) is 24.3 Å². The second-order valence-electron chi connectivity index (χ2n) is 4.74. The minimum Gasteiger partial charge on any atom is -0.338 e. The first-order valence-electron chi connectivity index (χ1n) is 5.92. The van der Waals surface area contributed by atoms with E-state index in [1.165, 1.54) is 0 Å². The Morgan fingerprint density at radius 2 is 1.95 bits per heavy atom. The van der Waals surface area contributed by atoms with Crippen molar-refractivity contribution in [3.8, 4) is 0 Å². The van der Waals surface area contributed by atoms with Gasteiger partial charge < -0.3 is 9.47 Å². The molecule has 0 aliphatic carbocycles. The summed E-state index contributed by atoms with van der Waals surface area (Å²) in [6, 6.07) is 7.03. The third-order valence-electron chi connectivity index (χ3n) is 2.79. The molecule has 1 heterocycles. The zero-order valence-corrected chi connectivity index (χ0v) is 12.9. The smallest absolute Gasteiger partial charge is 0.337 e. The SMILES string of the molecule is COS(=O)(=O)N[C@@H]1OC(C)(C)O[C@@H]1c1ccccc1Cl. The van der Waals surface area contributed by atoms with Gasteiger partial charge in [-0.2, -0.15) is 13.1 Å². The highest BCUT2D eigenvalue weighted by molar-refractivity contribution is 7.84. The van der Waals surface area contributed by atoms with Crippen LogP contribution in [0.3, 0.4) is 0 Å². The van der Waals surface area contributed by atoms with Crippen LogP contribution in [0.25, 0.3) is 0 Å². The van der Waals surface area contributed by atoms with Gasteiger partial charge in [-0.25, -0.2) is 0 Å². The fourth-order valence-electron chi connectivity index (χ4n) is 1.97. The topological polar surface area (TPSA) is 73.9 Å². The van der Waals surface area contributed by atoms with Crippen molar-refractivity contribution in [2.45, 2.75) is 32.0 Å². The molecule has 1 aromatic carbocycles. The summed E-state index contributed by atoms with van der Waals surface area (Å²) in [5.74, 6) is -0.940. The minimum atomic E-state index is -3.90. The van der Waals surface area contributed by atoms with Gasteiger partial charge in [0.25, 0.3) is 0 Å². The molecule has 1 N–H and O–H groups in total. The normalized spacial score (nSPS) is 25.8. The summed E-state index contributed by atoms with van der Waals surface area (Å²) in [6.07, 6.45) is -1.58. The molecular formula is C12H16ClNO5S. The standard InChI is InChI=1S/C12H16ClNO5S/c1-12(2)18-10(8-6-4-5-7-9(8)13)11(19-12)14-20(15,16)17-3/h4-7,10-11,14H,1-3H3/t10-,11-/m1/s1. The largest absolute Gasteiger partial charge is 0.338 e. The predicted molar refractivity (Wildman–Crippen MR) is 73.3 cm³/mol. The van der Waals surface area contributed by atoms with Crippen LogP contribution in [0, 0.1) is 0 Å². The van der Waals surface area contributed by atoms with Crippen LogP contribution in [-0.4, -0.2) is 27.5 Å². The zero-order valence-electron chi connectivity index (χ0n) is 11.3. The Labute approximate surface area is 123 Å². The molecule has 0 saturated carbocycles. The van der Waals surface area contributed by atoms with Crippen molar-refractivity contribution in [1.82, 2.24) is 4.72 Å². The number of hydrogen-bond donors (Lipinski definition) is 1. The summed E-state index contributed by atoms with van der Waals surface area (Å²) in [6.45, 7) is 3.38. The first-order valence-corrected chi connectivity index (χ1v) is 7.71. The maximum Gasteiger partial charge on any atom is 0.337 e. The molecule has 0 unspecified atom stereocenters. The van der Waals surface area contributed by atoms with E-state index in [0.29, 0.717) is 10.6 Å². The maximum atomic E-state index is 11.5. The lowest BCUT2D eigenvalue weighted by Crippen LogP contribution is -2.39. The average molecular weight is 322 g/mol. The third-order valence-corrected chi connectivity index (χ3v) is 4.09. The molecule has 1 fully saturated rings. The van der Waals surface area contributed by atoms with Gasteiger partial charge in [-0.1, -0.05) is 29.8 Å². The van der Waals surface area contributed by atoms with Gasteiger partial charge in [0.2, 0.25) is 0 Å². The summed E-state index contributed by atoms with van der Waals surface area (Å²) in [4.78, 5) is 0. The summed E-state index contributed by atoms with van der Waals surface area (Å²) in [5.41, 5.74) is 0.642. The summed E-state index contributed by atoms with van der Waals surface area (Å²) in [5, 5.41) is 0.473. The predicted octanol–water partition coefficient (Wildman–Crippen LogP) is 1.97. The second-order valence-corrected chi connectivity index (χ2v) is 6.62. The number of nitrogens with one attached hydrogen (secondary N) is 1. The van der Waals surface area contributed by atoms with Gasteiger partial charge in [-0.15, -0.1) is 0 Å². The molecule has 1 aliphatic heterocycles.